The zero-order valence-electron chi connectivity index (χ0n) is 11.6. The summed E-state index contributed by atoms with van der Waals surface area (Å²) in [6, 6.07) is 8.21. The van der Waals surface area contributed by atoms with E-state index in [1.165, 1.54) is 12.3 Å². The predicted octanol–water partition coefficient (Wildman–Crippen LogP) is 1.43. The molecule has 0 unspecified atom stereocenters. The molecule has 0 spiro atoms. The highest BCUT2D eigenvalue weighted by molar-refractivity contribution is 7.92. The summed E-state index contributed by atoms with van der Waals surface area (Å²) in [4.78, 5) is 3.99. The van der Waals surface area contributed by atoms with E-state index >= 15 is 0 Å². The van der Waals surface area contributed by atoms with Crippen LogP contribution in [0.3, 0.4) is 0 Å². The van der Waals surface area contributed by atoms with Crippen molar-refractivity contribution in [2.75, 3.05) is 11.3 Å². The van der Waals surface area contributed by atoms with Crippen LogP contribution in [-0.2, 0) is 17.1 Å². The van der Waals surface area contributed by atoms with Gasteiger partial charge in [-0.15, -0.1) is 0 Å². The molecule has 2 rings (SSSR count). The maximum Gasteiger partial charge on any atom is 0.280 e. The molecule has 0 bridgehead atoms. The number of sulfonamides is 1. The Morgan fingerprint density at radius 2 is 2.24 bits per heavy atom. The van der Waals surface area contributed by atoms with Crippen molar-refractivity contribution in [3.8, 4) is 11.8 Å². The summed E-state index contributed by atoms with van der Waals surface area (Å²) in [5.74, 6) is 1.01. The molecule has 21 heavy (non-hydrogen) atoms. The Morgan fingerprint density at radius 3 is 2.86 bits per heavy atom. The van der Waals surface area contributed by atoms with Gasteiger partial charge in [-0.25, -0.2) is 4.98 Å². The fraction of sp³-hybridized carbons (Fsp3) is 0.231. The van der Waals surface area contributed by atoms with E-state index in [0.717, 1.165) is 0 Å². The third-order valence-electron chi connectivity index (χ3n) is 2.75. The maximum absolute atomic E-state index is 12.2. The monoisotopic (exact) mass is 306 g/mol. The lowest BCUT2D eigenvalue weighted by atomic mass is 10.3. The lowest BCUT2D eigenvalue weighted by molar-refractivity contribution is 0.368. The normalized spacial score (nSPS) is 10.9. The quantitative estimate of drug-likeness (QED) is 0.901. The van der Waals surface area contributed by atoms with Crippen LogP contribution in [0.5, 0.6) is 5.75 Å². The zero-order chi connectivity index (χ0) is 15.5. The summed E-state index contributed by atoms with van der Waals surface area (Å²) in [5, 5.41) is 8.41. The predicted molar refractivity (Wildman–Crippen MR) is 76.3 cm³/mol. The van der Waals surface area contributed by atoms with E-state index in [1.54, 1.807) is 36.7 Å². The van der Waals surface area contributed by atoms with Gasteiger partial charge >= 0.3 is 0 Å². The third-order valence-corrected chi connectivity index (χ3v) is 4.00. The SMILES string of the molecule is Cc1nc(S(=O)(=O)Nc2cccc(OCC#N)c2)cn1C. The number of anilines is 1. The van der Waals surface area contributed by atoms with Crippen LogP contribution in [0.1, 0.15) is 5.82 Å². The highest BCUT2D eigenvalue weighted by Crippen LogP contribution is 2.20. The number of benzene rings is 1. The molecule has 0 saturated carbocycles. The van der Waals surface area contributed by atoms with E-state index in [9.17, 15) is 8.42 Å². The van der Waals surface area contributed by atoms with Crippen molar-refractivity contribution in [3.05, 3.63) is 36.3 Å². The lowest BCUT2D eigenvalue weighted by Gasteiger charge is -2.07. The summed E-state index contributed by atoms with van der Waals surface area (Å²) in [6.45, 7) is 1.62. The molecule has 8 heteroatoms. The van der Waals surface area contributed by atoms with Crippen LogP contribution in [0, 0.1) is 18.3 Å². The molecule has 1 N–H and O–H groups in total. The number of rotatable bonds is 5. The first-order chi connectivity index (χ1) is 9.92. The standard InChI is InChI=1S/C13H14N4O3S/c1-10-15-13(9-17(10)2)21(18,19)16-11-4-3-5-12(8-11)20-7-6-14/h3-5,8-9,16H,7H2,1-2H3. The molecule has 0 amide bonds. The summed E-state index contributed by atoms with van der Waals surface area (Å²) < 4.78 is 33.6. The fourth-order valence-electron chi connectivity index (χ4n) is 1.63. The molecule has 1 aromatic carbocycles. The lowest BCUT2D eigenvalue weighted by Crippen LogP contribution is -2.13. The van der Waals surface area contributed by atoms with E-state index < -0.39 is 10.0 Å². The van der Waals surface area contributed by atoms with Crippen LogP contribution in [-0.4, -0.2) is 24.6 Å². The highest BCUT2D eigenvalue weighted by atomic mass is 32.2. The molecule has 0 aliphatic rings. The number of nitrogens with one attached hydrogen (secondary N) is 1. The Kier molecular flexibility index (Phi) is 4.14. The van der Waals surface area contributed by atoms with E-state index in [-0.39, 0.29) is 11.6 Å². The molecule has 0 atom stereocenters. The van der Waals surface area contributed by atoms with Crippen molar-refractivity contribution in [1.82, 2.24) is 9.55 Å². The Hall–Kier alpha value is -2.53. The highest BCUT2D eigenvalue weighted by Gasteiger charge is 2.18. The van der Waals surface area contributed by atoms with Gasteiger partial charge in [-0.2, -0.15) is 13.7 Å². The van der Waals surface area contributed by atoms with Crippen molar-refractivity contribution in [2.45, 2.75) is 11.9 Å². The zero-order valence-corrected chi connectivity index (χ0v) is 12.4. The maximum atomic E-state index is 12.2. The number of ether oxygens (including phenoxy) is 1. The first kappa shape index (κ1) is 14.9. The van der Waals surface area contributed by atoms with Gasteiger partial charge in [0, 0.05) is 19.3 Å². The Morgan fingerprint density at radius 1 is 1.48 bits per heavy atom. The van der Waals surface area contributed by atoms with Crippen molar-refractivity contribution in [1.29, 1.82) is 5.26 Å². The Labute approximate surface area is 122 Å². The molecule has 2 aromatic rings. The van der Waals surface area contributed by atoms with Crippen LogP contribution in [0.25, 0.3) is 0 Å². The van der Waals surface area contributed by atoms with Gasteiger partial charge in [0.2, 0.25) is 0 Å². The smallest absolute Gasteiger partial charge is 0.280 e. The number of hydrogen-bond acceptors (Lipinski definition) is 5. The van der Waals surface area contributed by atoms with Crippen LogP contribution in [0.15, 0.2) is 35.5 Å². The first-order valence-electron chi connectivity index (χ1n) is 6.05. The minimum atomic E-state index is -3.75. The molecule has 0 fully saturated rings. The molecule has 7 nitrogen and oxygen atoms in total. The summed E-state index contributed by atoms with van der Waals surface area (Å²) in [7, 11) is -2.03. The number of aromatic nitrogens is 2. The van der Waals surface area contributed by atoms with E-state index in [0.29, 0.717) is 17.3 Å². The molecule has 0 radical (unpaired) electrons. The van der Waals surface area contributed by atoms with E-state index in [2.05, 4.69) is 9.71 Å². The summed E-state index contributed by atoms with van der Waals surface area (Å²) in [5.41, 5.74) is 0.341. The average molecular weight is 306 g/mol. The van der Waals surface area contributed by atoms with Gasteiger partial charge in [-0.3, -0.25) is 4.72 Å². The van der Waals surface area contributed by atoms with Crippen LogP contribution >= 0.6 is 0 Å². The van der Waals surface area contributed by atoms with Gasteiger partial charge in [-0.05, 0) is 19.1 Å². The molecule has 0 saturated heterocycles. The van der Waals surface area contributed by atoms with Crippen LogP contribution < -0.4 is 9.46 Å². The van der Waals surface area contributed by atoms with Crippen LogP contribution in [0.2, 0.25) is 0 Å². The second-order valence-corrected chi connectivity index (χ2v) is 5.95. The van der Waals surface area contributed by atoms with E-state index in [4.69, 9.17) is 10.00 Å². The fourth-order valence-corrected chi connectivity index (χ4v) is 2.72. The topological polar surface area (TPSA) is 97.0 Å². The molecular weight excluding hydrogens is 292 g/mol. The average Bonchev–Trinajstić information content (AvgIpc) is 2.77. The number of nitriles is 1. The molecule has 0 aliphatic heterocycles. The summed E-state index contributed by atoms with van der Waals surface area (Å²) >= 11 is 0. The molecular formula is C13H14N4O3S. The van der Waals surface area contributed by atoms with Gasteiger partial charge in [-0.1, -0.05) is 6.07 Å². The van der Waals surface area contributed by atoms with E-state index in [1.807, 2.05) is 6.07 Å². The van der Waals surface area contributed by atoms with Gasteiger partial charge in [0.15, 0.2) is 11.6 Å². The largest absolute Gasteiger partial charge is 0.479 e. The molecule has 1 heterocycles. The van der Waals surface area contributed by atoms with Crippen molar-refractivity contribution >= 4 is 15.7 Å². The third kappa shape index (κ3) is 3.52. The first-order valence-corrected chi connectivity index (χ1v) is 7.53. The van der Waals surface area contributed by atoms with Gasteiger partial charge in [0.25, 0.3) is 10.0 Å². The van der Waals surface area contributed by atoms with Gasteiger partial charge in [0.1, 0.15) is 17.6 Å². The second kappa shape index (κ2) is 5.85. The molecule has 110 valence electrons. The Bertz CT molecular complexity index is 770. The van der Waals surface area contributed by atoms with Crippen LogP contribution in [0.4, 0.5) is 5.69 Å². The number of hydrogen-bond donors (Lipinski definition) is 1. The number of nitrogens with zero attached hydrogens (tertiary/aromatic N) is 3. The van der Waals surface area contributed by atoms with Crippen molar-refractivity contribution in [3.63, 3.8) is 0 Å². The molecule has 0 aliphatic carbocycles. The Balaban J connectivity index is 2.22. The second-order valence-electron chi connectivity index (χ2n) is 4.32. The minimum Gasteiger partial charge on any atom is -0.479 e. The van der Waals surface area contributed by atoms with Gasteiger partial charge < -0.3 is 9.30 Å². The van der Waals surface area contributed by atoms with Crippen molar-refractivity contribution < 1.29 is 13.2 Å². The van der Waals surface area contributed by atoms with Crippen molar-refractivity contribution in [2.24, 2.45) is 7.05 Å². The molecule has 1 aromatic heterocycles. The summed E-state index contributed by atoms with van der Waals surface area (Å²) in [6.07, 6.45) is 1.44. The van der Waals surface area contributed by atoms with Gasteiger partial charge in [0.05, 0.1) is 5.69 Å². The minimum absolute atomic E-state index is 0.0501. The number of aryl methyl sites for hydroxylation is 2. The number of imidazole rings is 1.